The molecule has 1 aliphatic rings. The minimum absolute atomic E-state index is 0.0470. The number of carbonyl (C=O) groups is 1. The number of amides is 1. The Morgan fingerprint density at radius 3 is 2.47 bits per heavy atom. The molecule has 3 heteroatoms. The average Bonchev–Trinajstić information content (AvgIpc) is 2.26. The molecule has 15 heavy (non-hydrogen) atoms. The molecule has 1 saturated carbocycles. The zero-order chi connectivity index (χ0) is 11.3. The zero-order valence-corrected chi connectivity index (χ0v) is 9.83. The van der Waals surface area contributed by atoms with Crippen molar-refractivity contribution >= 4 is 5.91 Å². The Hall–Kier alpha value is -0.570. The van der Waals surface area contributed by atoms with Crippen LogP contribution in [0.25, 0.3) is 0 Å². The highest BCUT2D eigenvalue weighted by molar-refractivity contribution is 5.79. The maximum atomic E-state index is 11.8. The average molecular weight is 213 g/mol. The Bertz CT molecular complexity index is 194. The van der Waals surface area contributed by atoms with Gasteiger partial charge in [0.2, 0.25) is 5.91 Å². The van der Waals surface area contributed by atoms with Gasteiger partial charge in [-0.05, 0) is 38.0 Å². The van der Waals surface area contributed by atoms with Crippen LogP contribution in [0, 0.1) is 11.8 Å². The van der Waals surface area contributed by atoms with Crippen LogP contribution in [0.3, 0.4) is 0 Å². The van der Waals surface area contributed by atoms with Crippen LogP contribution in [0.2, 0.25) is 0 Å². The van der Waals surface area contributed by atoms with E-state index in [1.165, 1.54) is 0 Å². The number of carbonyl (C=O) groups excluding carboxylic acids is 1. The van der Waals surface area contributed by atoms with Crippen molar-refractivity contribution in [2.24, 2.45) is 11.8 Å². The molecule has 1 aliphatic carbocycles. The molecule has 88 valence electrons. The zero-order valence-electron chi connectivity index (χ0n) is 9.83. The summed E-state index contributed by atoms with van der Waals surface area (Å²) < 4.78 is 0. The first-order valence-electron chi connectivity index (χ1n) is 6.08. The number of hydrogen-bond acceptors (Lipinski definition) is 2. The molecule has 0 saturated heterocycles. The smallest absolute Gasteiger partial charge is 0.223 e. The predicted octanol–water partition coefficient (Wildman–Crippen LogP) is 1.70. The molecule has 0 heterocycles. The monoisotopic (exact) mass is 213 g/mol. The van der Waals surface area contributed by atoms with Crippen LogP contribution in [0.4, 0.5) is 0 Å². The van der Waals surface area contributed by atoms with Gasteiger partial charge in [0.05, 0.1) is 12.6 Å². The predicted molar refractivity (Wildman–Crippen MR) is 60.4 cm³/mol. The molecular weight excluding hydrogens is 190 g/mol. The first kappa shape index (κ1) is 12.5. The van der Waals surface area contributed by atoms with Crippen molar-refractivity contribution in [2.45, 2.75) is 52.0 Å². The highest BCUT2D eigenvalue weighted by Crippen LogP contribution is 2.28. The summed E-state index contributed by atoms with van der Waals surface area (Å²) in [4.78, 5) is 11.8. The summed E-state index contributed by atoms with van der Waals surface area (Å²) in [5.41, 5.74) is 0. The molecule has 0 aromatic carbocycles. The largest absolute Gasteiger partial charge is 0.394 e. The van der Waals surface area contributed by atoms with E-state index in [9.17, 15) is 4.79 Å². The Morgan fingerprint density at radius 2 is 2.00 bits per heavy atom. The van der Waals surface area contributed by atoms with Crippen LogP contribution >= 0.6 is 0 Å². The van der Waals surface area contributed by atoms with E-state index >= 15 is 0 Å². The van der Waals surface area contributed by atoms with E-state index in [0.29, 0.717) is 0 Å². The Balaban J connectivity index is 2.33. The van der Waals surface area contributed by atoms with Crippen LogP contribution in [0.5, 0.6) is 0 Å². The van der Waals surface area contributed by atoms with E-state index in [1.807, 2.05) is 6.92 Å². The quantitative estimate of drug-likeness (QED) is 0.746. The van der Waals surface area contributed by atoms with Gasteiger partial charge in [0, 0.05) is 5.92 Å². The van der Waals surface area contributed by atoms with Crippen molar-refractivity contribution in [3.63, 3.8) is 0 Å². The van der Waals surface area contributed by atoms with Gasteiger partial charge in [-0.2, -0.15) is 0 Å². The molecule has 2 N–H and O–H groups in total. The molecule has 1 unspecified atom stereocenters. The first-order valence-corrected chi connectivity index (χ1v) is 6.08. The highest BCUT2D eigenvalue weighted by Gasteiger charge is 2.25. The summed E-state index contributed by atoms with van der Waals surface area (Å²) in [6, 6.07) is -0.0585. The van der Waals surface area contributed by atoms with E-state index in [4.69, 9.17) is 5.11 Å². The molecular formula is C12H23NO2. The molecule has 0 bridgehead atoms. The molecule has 1 atom stereocenters. The Labute approximate surface area is 92.3 Å². The lowest BCUT2D eigenvalue weighted by atomic mass is 9.82. The summed E-state index contributed by atoms with van der Waals surface area (Å²) in [5.74, 6) is 1.10. The standard InChI is InChI=1S/C12H23NO2/c1-3-11(8-14)13-12(15)10-6-4-9(2)5-7-10/h9-11,14H,3-8H2,1-2H3,(H,13,15). The van der Waals surface area contributed by atoms with Gasteiger partial charge in [-0.25, -0.2) is 0 Å². The van der Waals surface area contributed by atoms with Crippen molar-refractivity contribution in [3.8, 4) is 0 Å². The van der Waals surface area contributed by atoms with Crippen molar-refractivity contribution in [1.29, 1.82) is 0 Å². The van der Waals surface area contributed by atoms with Gasteiger partial charge in [0.15, 0.2) is 0 Å². The minimum Gasteiger partial charge on any atom is -0.394 e. The number of hydrogen-bond donors (Lipinski definition) is 2. The summed E-state index contributed by atoms with van der Waals surface area (Å²) in [5, 5.41) is 11.9. The van der Waals surface area contributed by atoms with Gasteiger partial charge >= 0.3 is 0 Å². The molecule has 1 rings (SSSR count). The number of nitrogens with one attached hydrogen (secondary N) is 1. The summed E-state index contributed by atoms with van der Waals surface area (Å²) in [6.45, 7) is 4.27. The molecule has 0 aromatic heterocycles. The molecule has 1 amide bonds. The second-order valence-electron chi connectivity index (χ2n) is 4.75. The lowest BCUT2D eigenvalue weighted by molar-refractivity contribution is -0.127. The second-order valence-corrected chi connectivity index (χ2v) is 4.75. The van der Waals surface area contributed by atoms with Crippen LogP contribution < -0.4 is 5.32 Å². The van der Waals surface area contributed by atoms with E-state index in [0.717, 1.165) is 38.0 Å². The fourth-order valence-electron chi connectivity index (χ4n) is 2.12. The van der Waals surface area contributed by atoms with E-state index < -0.39 is 0 Å². The van der Waals surface area contributed by atoms with Crippen molar-refractivity contribution in [3.05, 3.63) is 0 Å². The second kappa shape index (κ2) is 6.11. The van der Waals surface area contributed by atoms with E-state index in [2.05, 4.69) is 12.2 Å². The first-order chi connectivity index (χ1) is 7.17. The van der Waals surface area contributed by atoms with Gasteiger partial charge in [0.25, 0.3) is 0 Å². The number of aliphatic hydroxyl groups is 1. The van der Waals surface area contributed by atoms with Gasteiger partial charge in [-0.1, -0.05) is 13.8 Å². The normalized spacial score (nSPS) is 28.5. The minimum atomic E-state index is -0.0585. The maximum absolute atomic E-state index is 11.8. The Kier molecular flexibility index (Phi) is 5.09. The van der Waals surface area contributed by atoms with Gasteiger partial charge < -0.3 is 10.4 Å². The molecule has 0 aliphatic heterocycles. The van der Waals surface area contributed by atoms with Gasteiger partial charge in [-0.15, -0.1) is 0 Å². The Morgan fingerprint density at radius 1 is 1.40 bits per heavy atom. The number of rotatable bonds is 4. The van der Waals surface area contributed by atoms with Gasteiger partial charge in [0.1, 0.15) is 0 Å². The summed E-state index contributed by atoms with van der Waals surface area (Å²) in [6.07, 6.45) is 5.14. The summed E-state index contributed by atoms with van der Waals surface area (Å²) >= 11 is 0. The topological polar surface area (TPSA) is 49.3 Å². The van der Waals surface area contributed by atoms with E-state index in [1.54, 1.807) is 0 Å². The van der Waals surface area contributed by atoms with E-state index in [-0.39, 0.29) is 24.5 Å². The van der Waals surface area contributed by atoms with Crippen LogP contribution in [0.15, 0.2) is 0 Å². The maximum Gasteiger partial charge on any atom is 0.223 e. The molecule has 3 nitrogen and oxygen atoms in total. The molecule has 0 aromatic rings. The fourth-order valence-corrected chi connectivity index (χ4v) is 2.12. The molecule has 0 radical (unpaired) electrons. The number of aliphatic hydroxyl groups excluding tert-OH is 1. The lowest BCUT2D eigenvalue weighted by Gasteiger charge is -2.26. The van der Waals surface area contributed by atoms with Crippen LogP contribution in [-0.2, 0) is 4.79 Å². The summed E-state index contributed by atoms with van der Waals surface area (Å²) in [7, 11) is 0. The SMILES string of the molecule is CCC(CO)NC(=O)C1CCC(C)CC1. The van der Waals surface area contributed by atoms with Crippen molar-refractivity contribution < 1.29 is 9.90 Å². The third kappa shape index (κ3) is 3.82. The fraction of sp³-hybridized carbons (Fsp3) is 0.917. The molecule has 1 fully saturated rings. The third-order valence-electron chi connectivity index (χ3n) is 3.45. The third-order valence-corrected chi connectivity index (χ3v) is 3.45. The molecule has 0 spiro atoms. The lowest BCUT2D eigenvalue weighted by Crippen LogP contribution is -2.41. The van der Waals surface area contributed by atoms with Gasteiger partial charge in [-0.3, -0.25) is 4.79 Å². The van der Waals surface area contributed by atoms with Crippen molar-refractivity contribution in [1.82, 2.24) is 5.32 Å². The van der Waals surface area contributed by atoms with Crippen LogP contribution in [-0.4, -0.2) is 23.7 Å². The van der Waals surface area contributed by atoms with Crippen molar-refractivity contribution in [2.75, 3.05) is 6.61 Å². The van der Waals surface area contributed by atoms with Crippen LogP contribution in [0.1, 0.15) is 46.0 Å². The highest BCUT2D eigenvalue weighted by atomic mass is 16.3.